The first-order valence-electron chi connectivity index (χ1n) is 8.65. The largest absolute Gasteiger partial charge is 0.491 e. The number of para-hydroxylation sites is 2. The van der Waals surface area contributed by atoms with E-state index in [9.17, 15) is 9.18 Å². The van der Waals surface area contributed by atoms with Crippen LogP contribution in [0.5, 0.6) is 5.75 Å². The standard InChI is InChI=1S/C20H25FN2O3/c1-23(19-11-6-5-10-18(19)21)13-7-12-22-20(24)16-25-14-15-26-17-8-3-2-4-9-17/h2-6,8-11H,7,12-16H2,1H3,(H,22,24). The number of anilines is 1. The Hall–Kier alpha value is -2.60. The Bertz CT molecular complexity index is 667. The molecule has 0 atom stereocenters. The highest BCUT2D eigenvalue weighted by Gasteiger charge is 2.06. The number of rotatable bonds is 11. The summed E-state index contributed by atoms with van der Waals surface area (Å²) in [6, 6.07) is 16.1. The number of hydrogen-bond donors (Lipinski definition) is 1. The fourth-order valence-electron chi connectivity index (χ4n) is 2.38. The van der Waals surface area contributed by atoms with Crippen LogP contribution in [-0.4, -0.2) is 45.9 Å². The van der Waals surface area contributed by atoms with E-state index in [0.717, 1.165) is 5.75 Å². The number of hydrogen-bond acceptors (Lipinski definition) is 4. The molecule has 5 nitrogen and oxygen atoms in total. The molecule has 0 aliphatic rings. The van der Waals surface area contributed by atoms with Gasteiger partial charge in [0.05, 0.1) is 12.3 Å². The topological polar surface area (TPSA) is 50.8 Å². The van der Waals surface area contributed by atoms with Crippen LogP contribution in [0.25, 0.3) is 0 Å². The van der Waals surface area contributed by atoms with Crippen molar-refractivity contribution in [1.82, 2.24) is 5.32 Å². The molecule has 0 saturated carbocycles. The Morgan fingerprint density at radius 1 is 1.08 bits per heavy atom. The number of carbonyl (C=O) groups excluding carboxylic acids is 1. The van der Waals surface area contributed by atoms with E-state index >= 15 is 0 Å². The van der Waals surface area contributed by atoms with Crippen LogP contribution >= 0.6 is 0 Å². The number of carbonyl (C=O) groups is 1. The molecular formula is C20H25FN2O3. The first kappa shape index (κ1) is 19.7. The third kappa shape index (κ3) is 7.11. The van der Waals surface area contributed by atoms with E-state index in [2.05, 4.69) is 5.32 Å². The molecule has 0 radical (unpaired) electrons. The lowest BCUT2D eigenvalue weighted by atomic mass is 10.2. The van der Waals surface area contributed by atoms with Crippen LogP contribution in [-0.2, 0) is 9.53 Å². The number of halogens is 1. The van der Waals surface area contributed by atoms with Gasteiger partial charge < -0.3 is 19.7 Å². The van der Waals surface area contributed by atoms with Crippen molar-refractivity contribution < 1.29 is 18.7 Å². The zero-order valence-electron chi connectivity index (χ0n) is 15.0. The minimum Gasteiger partial charge on any atom is -0.491 e. The zero-order valence-corrected chi connectivity index (χ0v) is 15.0. The van der Waals surface area contributed by atoms with Crippen LogP contribution < -0.4 is 15.0 Å². The van der Waals surface area contributed by atoms with E-state index in [1.807, 2.05) is 42.3 Å². The van der Waals surface area contributed by atoms with Gasteiger partial charge in [0.2, 0.25) is 5.91 Å². The van der Waals surface area contributed by atoms with Gasteiger partial charge in [0, 0.05) is 20.1 Å². The molecule has 2 rings (SSSR count). The first-order chi connectivity index (χ1) is 12.7. The Balaban J connectivity index is 1.50. The monoisotopic (exact) mass is 360 g/mol. The van der Waals surface area contributed by atoms with Gasteiger partial charge in [-0.2, -0.15) is 0 Å². The normalized spacial score (nSPS) is 10.4. The fourth-order valence-corrected chi connectivity index (χ4v) is 2.38. The van der Waals surface area contributed by atoms with E-state index in [4.69, 9.17) is 9.47 Å². The number of amides is 1. The molecule has 0 aliphatic heterocycles. The Morgan fingerprint density at radius 3 is 2.58 bits per heavy atom. The smallest absolute Gasteiger partial charge is 0.246 e. The summed E-state index contributed by atoms with van der Waals surface area (Å²) in [7, 11) is 1.83. The van der Waals surface area contributed by atoms with Gasteiger partial charge in [-0.05, 0) is 30.7 Å². The van der Waals surface area contributed by atoms with Crippen molar-refractivity contribution in [3.8, 4) is 5.75 Å². The maximum atomic E-state index is 13.6. The lowest BCUT2D eigenvalue weighted by molar-refractivity contribution is -0.125. The molecule has 2 aromatic carbocycles. The summed E-state index contributed by atoms with van der Waals surface area (Å²) in [5.41, 5.74) is 0.556. The molecule has 0 unspecified atom stereocenters. The SMILES string of the molecule is CN(CCCNC(=O)COCCOc1ccccc1)c1ccccc1F. The molecule has 0 spiro atoms. The molecule has 2 aromatic rings. The van der Waals surface area contributed by atoms with Gasteiger partial charge in [-0.25, -0.2) is 4.39 Å². The average Bonchev–Trinajstić information content (AvgIpc) is 2.66. The van der Waals surface area contributed by atoms with Crippen LogP contribution in [0.4, 0.5) is 10.1 Å². The molecule has 140 valence electrons. The minimum absolute atomic E-state index is 0.00129. The fraction of sp³-hybridized carbons (Fsp3) is 0.350. The van der Waals surface area contributed by atoms with E-state index in [1.54, 1.807) is 18.2 Å². The van der Waals surface area contributed by atoms with Gasteiger partial charge in [0.15, 0.2) is 0 Å². The number of nitrogens with one attached hydrogen (secondary N) is 1. The van der Waals surface area contributed by atoms with E-state index in [-0.39, 0.29) is 18.3 Å². The van der Waals surface area contributed by atoms with Crippen molar-refractivity contribution in [3.63, 3.8) is 0 Å². The summed E-state index contributed by atoms with van der Waals surface area (Å²) in [6.45, 7) is 1.90. The van der Waals surface area contributed by atoms with Gasteiger partial charge in [0.25, 0.3) is 0 Å². The summed E-state index contributed by atoms with van der Waals surface area (Å²) in [4.78, 5) is 13.5. The third-order valence-corrected chi connectivity index (χ3v) is 3.73. The molecular weight excluding hydrogens is 335 g/mol. The van der Waals surface area contributed by atoms with Crippen molar-refractivity contribution in [3.05, 3.63) is 60.4 Å². The van der Waals surface area contributed by atoms with Crippen LogP contribution in [0, 0.1) is 5.82 Å². The molecule has 1 N–H and O–H groups in total. The molecule has 0 fully saturated rings. The van der Waals surface area contributed by atoms with Gasteiger partial charge in [-0.15, -0.1) is 0 Å². The lowest BCUT2D eigenvalue weighted by Gasteiger charge is -2.19. The van der Waals surface area contributed by atoms with Crippen molar-refractivity contribution in [2.24, 2.45) is 0 Å². The Morgan fingerprint density at radius 2 is 1.81 bits per heavy atom. The molecule has 0 saturated heterocycles. The molecule has 0 aromatic heterocycles. The van der Waals surface area contributed by atoms with Gasteiger partial charge >= 0.3 is 0 Å². The molecule has 6 heteroatoms. The van der Waals surface area contributed by atoms with Gasteiger partial charge in [-0.1, -0.05) is 30.3 Å². The van der Waals surface area contributed by atoms with Crippen LogP contribution in [0.3, 0.4) is 0 Å². The zero-order chi connectivity index (χ0) is 18.6. The van der Waals surface area contributed by atoms with Crippen molar-refractivity contribution in [2.75, 3.05) is 44.9 Å². The van der Waals surface area contributed by atoms with Gasteiger partial charge in [-0.3, -0.25) is 4.79 Å². The van der Waals surface area contributed by atoms with E-state index in [1.165, 1.54) is 6.07 Å². The Kier molecular flexibility index (Phi) is 8.42. The summed E-state index contributed by atoms with van der Waals surface area (Å²) in [5, 5.41) is 2.79. The quantitative estimate of drug-likeness (QED) is 0.626. The summed E-state index contributed by atoms with van der Waals surface area (Å²) in [5.74, 6) is 0.364. The van der Waals surface area contributed by atoms with Crippen molar-refractivity contribution in [2.45, 2.75) is 6.42 Å². The maximum absolute atomic E-state index is 13.6. The van der Waals surface area contributed by atoms with Crippen molar-refractivity contribution in [1.29, 1.82) is 0 Å². The van der Waals surface area contributed by atoms with Crippen LogP contribution in [0.1, 0.15) is 6.42 Å². The number of nitrogens with zero attached hydrogens (tertiary/aromatic N) is 1. The highest BCUT2D eigenvalue weighted by atomic mass is 19.1. The predicted octanol–water partition coefficient (Wildman–Crippen LogP) is 2.86. The second-order valence-corrected chi connectivity index (χ2v) is 5.79. The highest BCUT2D eigenvalue weighted by molar-refractivity contribution is 5.77. The summed E-state index contributed by atoms with van der Waals surface area (Å²) in [6.07, 6.45) is 0.716. The van der Waals surface area contributed by atoms with E-state index in [0.29, 0.717) is 38.4 Å². The maximum Gasteiger partial charge on any atom is 0.246 e. The number of benzene rings is 2. The second kappa shape index (κ2) is 11.1. The first-order valence-corrected chi connectivity index (χ1v) is 8.65. The molecule has 26 heavy (non-hydrogen) atoms. The number of ether oxygens (including phenoxy) is 2. The summed E-state index contributed by atoms with van der Waals surface area (Å²) >= 11 is 0. The van der Waals surface area contributed by atoms with Gasteiger partial charge in [0.1, 0.15) is 24.8 Å². The second-order valence-electron chi connectivity index (χ2n) is 5.79. The van der Waals surface area contributed by atoms with Crippen LogP contribution in [0.2, 0.25) is 0 Å². The predicted molar refractivity (Wildman–Crippen MR) is 100 cm³/mol. The average molecular weight is 360 g/mol. The van der Waals surface area contributed by atoms with E-state index < -0.39 is 0 Å². The third-order valence-electron chi connectivity index (χ3n) is 3.73. The highest BCUT2D eigenvalue weighted by Crippen LogP contribution is 2.16. The molecule has 0 heterocycles. The molecule has 1 amide bonds. The lowest BCUT2D eigenvalue weighted by Crippen LogP contribution is -2.31. The Labute approximate surface area is 153 Å². The molecule has 0 bridgehead atoms. The summed E-state index contributed by atoms with van der Waals surface area (Å²) < 4.78 is 24.4. The minimum atomic E-state index is -0.245. The van der Waals surface area contributed by atoms with Crippen LogP contribution in [0.15, 0.2) is 54.6 Å². The molecule has 0 aliphatic carbocycles. The van der Waals surface area contributed by atoms with Crippen molar-refractivity contribution >= 4 is 11.6 Å².